The van der Waals surface area contributed by atoms with Crippen LogP contribution in [0.4, 0.5) is 4.79 Å². The van der Waals surface area contributed by atoms with Crippen molar-refractivity contribution in [2.45, 2.75) is 51.4 Å². The molecule has 2 bridgehead atoms. The monoisotopic (exact) mass is 482 g/mol. The molecule has 3 aliphatic rings. The number of esters is 1. The Kier molecular flexibility index (Phi) is 6.39. The Morgan fingerprint density at radius 1 is 1.14 bits per heavy atom. The predicted molar refractivity (Wildman–Crippen MR) is 124 cm³/mol. The van der Waals surface area contributed by atoms with Crippen molar-refractivity contribution >= 4 is 12.0 Å². The van der Waals surface area contributed by atoms with Crippen molar-refractivity contribution in [2.24, 2.45) is 0 Å². The van der Waals surface area contributed by atoms with Crippen molar-refractivity contribution in [3.63, 3.8) is 0 Å². The first-order valence-electron chi connectivity index (χ1n) is 11.9. The van der Waals surface area contributed by atoms with Crippen LogP contribution < -0.4 is 4.74 Å². The van der Waals surface area contributed by atoms with Gasteiger partial charge < -0.3 is 23.8 Å². The summed E-state index contributed by atoms with van der Waals surface area (Å²) in [6.07, 6.45) is -0.178. The highest BCUT2D eigenvalue weighted by molar-refractivity contribution is 5.88. The summed E-state index contributed by atoms with van der Waals surface area (Å²) < 4.78 is 22.8. The van der Waals surface area contributed by atoms with E-state index in [1.807, 2.05) is 56.3 Å². The van der Waals surface area contributed by atoms with Gasteiger partial charge >= 0.3 is 12.0 Å². The second-order valence-electron chi connectivity index (χ2n) is 9.24. The highest BCUT2D eigenvalue weighted by Crippen LogP contribution is 2.45. The zero-order chi connectivity index (χ0) is 24.6. The summed E-state index contributed by atoms with van der Waals surface area (Å²) >= 11 is 0. The van der Waals surface area contributed by atoms with Gasteiger partial charge in [-0.1, -0.05) is 36.4 Å². The lowest BCUT2D eigenvalue weighted by molar-refractivity contribution is -0.149. The molecule has 2 fully saturated rings. The molecule has 0 saturated carbocycles. The van der Waals surface area contributed by atoms with Crippen LogP contribution in [0.1, 0.15) is 49.5 Å². The van der Waals surface area contributed by atoms with Crippen molar-refractivity contribution in [3.8, 4) is 5.75 Å². The number of carbonyl (C=O) groups excluding carboxylic acids is 2. The van der Waals surface area contributed by atoms with Gasteiger partial charge in [0.05, 0.1) is 19.8 Å². The van der Waals surface area contributed by atoms with Crippen LogP contribution in [0.5, 0.6) is 5.75 Å². The third-order valence-corrected chi connectivity index (χ3v) is 6.34. The topological polar surface area (TPSA) is 86.8 Å². The summed E-state index contributed by atoms with van der Waals surface area (Å²) in [4.78, 5) is 33.7. The van der Waals surface area contributed by atoms with Crippen LogP contribution in [0.15, 0.2) is 48.5 Å². The number of carbonyl (C=O) groups is 2. The zero-order valence-corrected chi connectivity index (χ0v) is 20.1. The molecule has 9 nitrogen and oxygen atoms in total. The first kappa shape index (κ1) is 23.6. The molecule has 9 heteroatoms. The Balaban J connectivity index is 1.39. The van der Waals surface area contributed by atoms with Gasteiger partial charge in [0.25, 0.3) is 0 Å². The first-order chi connectivity index (χ1) is 16.9. The minimum atomic E-state index is -0.833. The normalized spacial score (nSPS) is 24.4. The number of ether oxygens (including phenoxy) is 4. The highest BCUT2D eigenvalue weighted by Gasteiger charge is 2.51. The van der Waals surface area contributed by atoms with E-state index in [9.17, 15) is 9.59 Å². The molecule has 2 aromatic carbocycles. The van der Waals surface area contributed by atoms with Crippen LogP contribution in [0.3, 0.4) is 0 Å². The van der Waals surface area contributed by atoms with Gasteiger partial charge in [-0.05, 0) is 49.6 Å². The first-order valence-corrected chi connectivity index (χ1v) is 11.9. The van der Waals surface area contributed by atoms with Gasteiger partial charge in [0.1, 0.15) is 31.1 Å². The third-order valence-electron chi connectivity index (χ3n) is 6.34. The highest BCUT2D eigenvalue weighted by atomic mass is 16.7. The quantitative estimate of drug-likeness (QED) is 0.530. The second kappa shape index (κ2) is 9.49. The van der Waals surface area contributed by atoms with Gasteiger partial charge in [-0.2, -0.15) is 5.06 Å². The van der Waals surface area contributed by atoms with Gasteiger partial charge in [0.15, 0.2) is 11.8 Å². The predicted octanol–water partition coefficient (Wildman–Crippen LogP) is 3.75. The largest absolute Gasteiger partial charge is 0.491 e. The number of fused-ring (bicyclic) bond motifs is 4. The fourth-order valence-corrected chi connectivity index (χ4v) is 4.76. The van der Waals surface area contributed by atoms with E-state index in [1.54, 1.807) is 13.0 Å². The lowest BCUT2D eigenvalue weighted by Gasteiger charge is -2.31. The van der Waals surface area contributed by atoms with Gasteiger partial charge in [0, 0.05) is 0 Å². The number of hydrogen-bond donors (Lipinski definition) is 0. The Bertz CT molecular complexity index is 1090. The van der Waals surface area contributed by atoms with Crippen LogP contribution in [-0.2, 0) is 30.4 Å². The Labute approximate surface area is 204 Å². The van der Waals surface area contributed by atoms with Crippen molar-refractivity contribution in [3.05, 3.63) is 65.2 Å². The van der Waals surface area contributed by atoms with E-state index in [4.69, 9.17) is 23.8 Å². The maximum absolute atomic E-state index is 13.3. The number of rotatable bonds is 8. The van der Waals surface area contributed by atoms with E-state index in [2.05, 4.69) is 0 Å². The standard InChI is InChI=1S/C26H30N2O7/c1-4-31-24(29)23-20-11-10-18(32-15-19-16-33-26(2,3)35-19)12-21(20)22-13-27(23)25(30)28(22)34-14-17-8-6-5-7-9-17/h5-12,19,22-23H,4,13-16H2,1-3H3/t19?,22-,23?/m1/s1. The Morgan fingerprint density at radius 2 is 1.94 bits per heavy atom. The van der Waals surface area contributed by atoms with E-state index >= 15 is 0 Å². The zero-order valence-electron chi connectivity index (χ0n) is 20.1. The molecular formula is C26H30N2O7. The van der Waals surface area contributed by atoms with Gasteiger partial charge in [-0.25, -0.2) is 9.59 Å². The average molecular weight is 483 g/mol. The summed E-state index contributed by atoms with van der Waals surface area (Å²) in [5, 5.41) is 1.37. The molecular weight excluding hydrogens is 452 g/mol. The third kappa shape index (κ3) is 4.71. The van der Waals surface area contributed by atoms with Gasteiger partial charge in [0.2, 0.25) is 0 Å². The van der Waals surface area contributed by atoms with Crippen LogP contribution in [0.2, 0.25) is 0 Å². The molecule has 2 saturated heterocycles. The maximum atomic E-state index is 13.3. The molecule has 3 atom stereocenters. The van der Waals surface area contributed by atoms with Crippen LogP contribution in [-0.4, -0.2) is 60.2 Å². The van der Waals surface area contributed by atoms with E-state index in [1.165, 1.54) is 9.96 Å². The summed E-state index contributed by atoms with van der Waals surface area (Å²) in [6, 6.07) is 13.6. The molecule has 0 aromatic heterocycles. The smallest absolute Gasteiger partial charge is 0.345 e. The van der Waals surface area contributed by atoms with Gasteiger partial charge in [-0.3, -0.25) is 4.84 Å². The van der Waals surface area contributed by atoms with E-state index in [0.29, 0.717) is 31.1 Å². The molecule has 0 radical (unpaired) electrons. The molecule has 2 aromatic rings. The number of benzene rings is 2. The van der Waals surface area contributed by atoms with Crippen molar-refractivity contribution < 1.29 is 33.4 Å². The van der Waals surface area contributed by atoms with Crippen LogP contribution >= 0.6 is 0 Å². The molecule has 2 amide bonds. The summed E-state index contributed by atoms with van der Waals surface area (Å²) in [6.45, 7) is 7.05. The summed E-state index contributed by atoms with van der Waals surface area (Å²) in [5.41, 5.74) is 2.46. The SMILES string of the molecule is CCOC(=O)C1c2ccc(OCC3COC(C)(C)O3)cc2[C@H]2CN1C(=O)N2OCc1ccccc1. The van der Waals surface area contributed by atoms with Crippen LogP contribution in [0.25, 0.3) is 0 Å². The Morgan fingerprint density at radius 3 is 2.66 bits per heavy atom. The molecule has 0 N–H and O–H groups in total. The van der Waals surface area contributed by atoms with E-state index in [0.717, 1.165) is 11.1 Å². The number of hydrogen-bond acceptors (Lipinski definition) is 7. The lowest BCUT2D eigenvalue weighted by atomic mass is 9.91. The lowest BCUT2D eigenvalue weighted by Crippen LogP contribution is -2.39. The average Bonchev–Trinajstić information content (AvgIpc) is 3.34. The maximum Gasteiger partial charge on any atom is 0.345 e. The van der Waals surface area contributed by atoms with Crippen molar-refractivity contribution in [2.75, 3.05) is 26.4 Å². The minimum absolute atomic E-state index is 0.178. The minimum Gasteiger partial charge on any atom is -0.491 e. The van der Waals surface area contributed by atoms with E-state index < -0.39 is 17.8 Å². The van der Waals surface area contributed by atoms with Gasteiger partial charge in [-0.15, -0.1) is 0 Å². The molecule has 0 spiro atoms. The van der Waals surface area contributed by atoms with Crippen LogP contribution in [0, 0.1) is 0 Å². The molecule has 0 aliphatic carbocycles. The molecule has 5 rings (SSSR count). The Hall–Kier alpha value is -3.14. The molecule has 186 valence electrons. The number of amides is 2. The fraction of sp³-hybridized carbons (Fsp3) is 0.462. The molecule has 2 unspecified atom stereocenters. The second-order valence-corrected chi connectivity index (χ2v) is 9.24. The van der Waals surface area contributed by atoms with E-state index in [-0.39, 0.29) is 31.4 Å². The molecule has 35 heavy (non-hydrogen) atoms. The number of hydroxylamine groups is 2. The number of urea groups is 1. The molecule has 3 heterocycles. The fourth-order valence-electron chi connectivity index (χ4n) is 4.76. The summed E-state index contributed by atoms with van der Waals surface area (Å²) in [7, 11) is 0. The number of nitrogens with zero attached hydrogens (tertiary/aromatic N) is 2. The molecule has 3 aliphatic heterocycles. The summed E-state index contributed by atoms with van der Waals surface area (Å²) in [5.74, 6) is -0.464. The van der Waals surface area contributed by atoms with Crippen molar-refractivity contribution in [1.29, 1.82) is 0 Å². The van der Waals surface area contributed by atoms with Crippen molar-refractivity contribution in [1.82, 2.24) is 9.96 Å².